The van der Waals surface area contributed by atoms with Crippen LogP contribution >= 0.6 is 0 Å². The number of carbonyl (C=O) groups is 1. The third kappa shape index (κ3) is 5.05. The molecular formula is C19H26N4O. The Morgan fingerprint density at radius 2 is 1.83 bits per heavy atom. The van der Waals surface area contributed by atoms with Crippen molar-refractivity contribution in [2.75, 3.05) is 32.1 Å². The highest BCUT2D eigenvalue weighted by atomic mass is 16.2. The van der Waals surface area contributed by atoms with E-state index in [-0.39, 0.29) is 5.91 Å². The van der Waals surface area contributed by atoms with Gasteiger partial charge >= 0.3 is 0 Å². The molecule has 2 rings (SSSR count). The molecule has 0 aliphatic heterocycles. The lowest BCUT2D eigenvalue weighted by molar-refractivity contribution is 0.0796. The summed E-state index contributed by atoms with van der Waals surface area (Å²) in [5.41, 5.74) is 2.79. The number of carbonyl (C=O) groups excluding carboxylic acids is 1. The molecule has 1 amide bonds. The Morgan fingerprint density at radius 1 is 1.08 bits per heavy atom. The molecule has 5 nitrogen and oxygen atoms in total. The zero-order valence-corrected chi connectivity index (χ0v) is 14.8. The first kappa shape index (κ1) is 17.9. The molecule has 128 valence electrons. The fraction of sp³-hybridized carbons (Fsp3) is 0.421. The van der Waals surface area contributed by atoms with Gasteiger partial charge in [0.15, 0.2) is 0 Å². The average Bonchev–Trinajstić information content (AvgIpc) is 2.64. The van der Waals surface area contributed by atoms with Crippen LogP contribution in [0.4, 0.5) is 5.69 Å². The molecule has 0 radical (unpaired) electrons. The highest BCUT2D eigenvalue weighted by molar-refractivity contribution is 5.94. The van der Waals surface area contributed by atoms with Crippen molar-refractivity contribution in [3.05, 3.63) is 54.1 Å². The number of hydrogen-bond donors (Lipinski definition) is 0. The summed E-state index contributed by atoms with van der Waals surface area (Å²) in [6.07, 6.45) is 10.1. The fourth-order valence-corrected chi connectivity index (χ4v) is 2.45. The summed E-state index contributed by atoms with van der Waals surface area (Å²) < 4.78 is 0. The fourth-order valence-electron chi connectivity index (χ4n) is 2.45. The predicted octanol–water partition coefficient (Wildman–Crippen LogP) is 3.03. The zero-order chi connectivity index (χ0) is 17.4. The summed E-state index contributed by atoms with van der Waals surface area (Å²) >= 11 is 0. The topological polar surface area (TPSA) is 49.3 Å². The van der Waals surface area contributed by atoms with E-state index in [0.29, 0.717) is 12.1 Å². The second kappa shape index (κ2) is 9.01. The van der Waals surface area contributed by atoms with Crippen molar-refractivity contribution >= 4 is 11.6 Å². The third-order valence-corrected chi connectivity index (χ3v) is 4.09. The smallest absolute Gasteiger partial charge is 0.255 e. The van der Waals surface area contributed by atoms with Crippen molar-refractivity contribution in [3.63, 3.8) is 0 Å². The molecule has 2 aromatic heterocycles. The van der Waals surface area contributed by atoms with Crippen molar-refractivity contribution in [2.45, 2.75) is 26.2 Å². The van der Waals surface area contributed by atoms with Crippen LogP contribution in [-0.2, 0) is 6.42 Å². The van der Waals surface area contributed by atoms with Crippen LogP contribution in [0.15, 0.2) is 43.0 Å². The Labute approximate surface area is 144 Å². The SMILES string of the molecule is CCCCN(C)c1cncc(C(=O)N(C)CCc2ccncc2)c1. The van der Waals surface area contributed by atoms with Gasteiger partial charge in [-0.2, -0.15) is 0 Å². The third-order valence-electron chi connectivity index (χ3n) is 4.09. The van der Waals surface area contributed by atoms with Gasteiger partial charge in [0.25, 0.3) is 5.91 Å². The molecule has 2 aromatic rings. The highest BCUT2D eigenvalue weighted by Gasteiger charge is 2.13. The lowest BCUT2D eigenvalue weighted by Crippen LogP contribution is -2.29. The number of aromatic nitrogens is 2. The van der Waals surface area contributed by atoms with Crippen molar-refractivity contribution in [2.24, 2.45) is 0 Å². The Kier molecular flexibility index (Phi) is 6.73. The van der Waals surface area contributed by atoms with Gasteiger partial charge in [-0.3, -0.25) is 14.8 Å². The van der Waals surface area contributed by atoms with E-state index in [4.69, 9.17) is 0 Å². The van der Waals surface area contributed by atoms with Crippen molar-refractivity contribution < 1.29 is 4.79 Å². The van der Waals surface area contributed by atoms with Crippen LogP contribution < -0.4 is 4.90 Å². The number of nitrogens with zero attached hydrogens (tertiary/aromatic N) is 4. The van der Waals surface area contributed by atoms with Crippen molar-refractivity contribution in [1.29, 1.82) is 0 Å². The summed E-state index contributed by atoms with van der Waals surface area (Å²) in [4.78, 5) is 24.7. The van der Waals surface area contributed by atoms with E-state index >= 15 is 0 Å². The van der Waals surface area contributed by atoms with Gasteiger partial charge in [-0.1, -0.05) is 13.3 Å². The Morgan fingerprint density at radius 3 is 2.54 bits per heavy atom. The highest BCUT2D eigenvalue weighted by Crippen LogP contribution is 2.15. The van der Waals surface area contributed by atoms with Crippen LogP contribution in [0, 0.1) is 0 Å². The molecule has 0 unspecified atom stereocenters. The Hall–Kier alpha value is -2.43. The summed E-state index contributed by atoms with van der Waals surface area (Å²) in [5.74, 6) is 0.00213. The van der Waals surface area contributed by atoms with Gasteiger partial charge in [-0.05, 0) is 36.6 Å². The van der Waals surface area contributed by atoms with E-state index in [9.17, 15) is 4.79 Å². The van der Waals surface area contributed by atoms with Crippen LogP contribution in [0.5, 0.6) is 0 Å². The molecule has 0 saturated heterocycles. The lowest BCUT2D eigenvalue weighted by Gasteiger charge is -2.21. The molecule has 5 heteroatoms. The van der Waals surface area contributed by atoms with E-state index in [1.165, 1.54) is 5.56 Å². The first-order chi connectivity index (χ1) is 11.6. The quantitative estimate of drug-likeness (QED) is 0.748. The second-order valence-corrected chi connectivity index (χ2v) is 6.04. The van der Waals surface area contributed by atoms with Gasteiger partial charge in [0, 0.05) is 45.8 Å². The van der Waals surface area contributed by atoms with Gasteiger partial charge in [0.1, 0.15) is 0 Å². The molecule has 0 saturated carbocycles. The number of hydrogen-bond acceptors (Lipinski definition) is 4. The first-order valence-electron chi connectivity index (χ1n) is 8.42. The number of unbranched alkanes of at least 4 members (excludes halogenated alkanes) is 1. The monoisotopic (exact) mass is 326 g/mol. The normalized spacial score (nSPS) is 10.5. The molecule has 0 aliphatic carbocycles. The number of rotatable bonds is 8. The van der Waals surface area contributed by atoms with Crippen LogP contribution in [-0.4, -0.2) is 48.0 Å². The van der Waals surface area contributed by atoms with Gasteiger partial charge < -0.3 is 9.80 Å². The average molecular weight is 326 g/mol. The maximum absolute atomic E-state index is 12.6. The Bertz CT molecular complexity index is 645. The molecular weight excluding hydrogens is 300 g/mol. The number of amides is 1. The van der Waals surface area contributed by atoms with E-state index < -0.39 is 0 Å². The summed E-state index contributed by atoms with van der Waals surface area (Å²) in [7, 11) is 3.87. The molecule has 0 N–H and O–H groups in total. The lowest BCUT2D eigenvalue weighted by atomic mass is 10.1. The van der Waals surface area contributed by atoms with E-state index in [1.807, 2.05) is 38.5 Å². The standard InChI is InChI=1S/C19H26N4O/c1-4-5-11-22(2)18-13-17(14-21-15-18)19(24)23(3)12-8-16-6-9-20-10-7-16/h6-7,9-10,13-15H,4-5,8,11-12H2,1-3H3. The van der Waals surface area contributed by atoms with Gasteiger partial charge in [-0.15, -0.1) is 0 Å². The van der Waals surface area contributed by atoms with E-state index in [0.717, 1.165) is 31.5 Å². The molecule has 0 bridgehead atoms. The number of likely N-dealkylation sites (N-methyl/N-ethyl adjacent to an activating group) is 1. The first-order valence-corrected chi connectivity index (χ1v) is 8.42. The number of pyridine rings is 2. The molecule has 2 heterocycles. The molecule has 0 aromatic carbocycles. The largest absolute Gasteiger partial charge is 0.373 e. The number of anilines is 1. The second-order valence-electron chi connectivity index (χ2n) is 6.04. The molecule has 0 aliphatic rings. The van der Waals surface area contributed by atoms with E-state index in [1.54, 1.807) is 23.5 Å². The minimum atomic E-state index is 0.00213. The van der Waals surface area contributed by atoms with Crippen LogP contribution in [0.3, 0.4) is 0 Å². The van der Waals surface area contributed by atoms with Crippen LogP contribution in [0.25, 0.3) is 0 Å². The van der Waals surface area contributed by atoms with Gasteiger partial charge in [0.2, 0.25) is 0 Å². The summed E-state index contributed by atoms with van der Waals surface area (Å²) in [5, 5.41) is 0. The zero-order valence-electron chi connectivity index (χ0n) is 14.8. The van der Waals surface area contributed by atoms with Crippen LogP contribution in [0.2, 0.25) is 0 Å². The summed E-state index contributed by atoms with van der Waals surface area (Å²) in [6, 6.07) is 5.88. The van der Waals surface area contributed by atoms with Gasteiger partial charge in [-0.25, -0.2) is 0 Å². The molecule has 0 spiro atoms. The predicted molar refractivity (Wildman–Crippen MR) is 97.3 cm³/mol. The maximum atomic E-state index is 12.6. The Balaban J connectivity index is 1.98. The maximum Gasteiger partial charge on any atom is 0.255 e. The van der Waals surface area contributed by atoms with Crippen molar-refractivity contribution in [1.82, 2.24) is 14.9 Å². The van der Waals surface area contributed by atoms with E-state index in [2.05, 4.69) is 21.8 Å². The van der Waals surface area contributed by atoms with Crippen molar-refractivity contribution in [3.8, 4) is 0 Å². The molecule has 24 heavy (non-hydrogen) atoms. The van der Waals surface area contributed by atoms with Crippen LogP contribution in [0.1, 0.15) is 35.7 Å². The summed E-state index contributed by atoms with van der Waals surface area (Å²) in [6.45, 7) is 3.80. The minimum absolute atomic E-state index is 0.00213. The molecule has 0 atom stereocenters. The van der Waals surface area contributed by atoms with Gasteiger partial charge in [0.05, 0.1) is 17.4 Å². The minimum Gasteiger partial charge on any atom is -0.373 e. The molecule has 0 fully saturated rings.